The van der Waals surface area contributed by atoms with E-state index in [1.54, 1.807) is 29.1 Å². The fourth-order valence-corrected chi connectivity index (χ4v) is 3.42. The van der Waals surface area contributed by atoms with E-state index in [0.29, 0.717) is 22.8 Å². The van der Waals surface area contributed by atoms with Crippen LogP contribution in [-0.4, -0.2) is 28.4 Å². The maximum absolute atomic E-state index is 13.0. The summed E-state index contributed by atoms with van der Waals surface area (Å²) in [6, 6.07) is 23.8. The summed E-state index contributed by atoms with van der Waals surface area (Å²) in [5.41, 5.74) is 7.59. The Bertz CT molecular complexity index is 1290. The molecule has 1 aliphatic rings. The van der Waals surface area contributed by atoms with Gasteiger partial charge < -0.3 is 9.47 Å². The lowest BCUT2D eigenvalue weighted by Crippen LogP contribution is -2.41. The number of carbonyl (C=O) groups excluding carboxylic acids is 2. The Morgan fingerprint density at radius 3 is 2.22 bits per heavy atom. The van der Waals surface area contributed by atoms with Crippen molar-refractivity contribution in [2.24, 2.45) is 0 Å². The molecule has 32 heavy (non-hydrogen) atoms. The molecule has 0 saturated carbocycles. The van der Waals surface area contributed by atoms with Crippen molar-refractivity contribution >= 4 is 11.8 Å². The van der Waals surface area contributed by atoms with E-state index in [9.17, 15) is 9.59 Å². The van der Waals surface area contributed by atoms with Gasteiger partial charge in [-0.2, -0.15) is 5.10 Å². The van der Waals surface area contributed by atoms with E-state index < -0.39 is 11.8 Å². The van der Waals surface area contributed by atoms with Gasteiger partial charge in [-0.15, -0.1) is 0 Å². The van der Waals surface area contributed by atoms with Crippen molar-refractivity contribution in [1.29, 1.82) is 0 Å². The van der Waals surface area contributed by atoms with Crippen LogP contribution >= 0.6 is 0 Å². The zero-order valence-electron chi connectivity index (χ0n) is 16.8. The third-order valence-electron chi connectivity index (χ3n) is 4.96. The van der Waals surface area contributed by atoms with Gasteiger partial charge in [0.25, 0.3) is 11.8 Å². The fourth-order valence-electron chi connectivity index (χ4n) is 3.42. The topological polar surface area (TPSA) is 94.5 Å². The molecule has 0 bridgehead atoms. The standard InChI is InChI=1S/C24H18N4O4/c29-23(18-12-7-13-20-22(18)32-15-31-20)25-26-24(30)19-14-28(17-10-5-2-6-11-17)27-21(19)16-8-3-1-4-9-16/h1-14H,15H2,(H,25,29)(H,26,30). The van der Waals surface area contributed by atoms with E-state index in [0.717, 1.165) is 11.3 Å². The first-order valence-electron chi connectivity index (χ1n) is 9.90. The van der Waals surface area contributed by atoms with E-state index in [1.165, 1.54) is 0 Å². The van der Waals surface area contributed by atoms with Gasteiger partial charge in [-0.25, -0.2) is 4.68 Å². The van der Waals surface area contributed by atoms with Gasteiger partial charge in [0.15, 0.2) is 11.5 Å². The highest BCUT2D eigenvalue weighted by Gasteiger charge is 2.23. The number of nitrogens with one attached hydrogen (secondary N) is 2. The molecule has 8 nitrogen and oxygen atoms in total. The lowest BCUT2D eigenvalue weighted by Gasteiger charge is -2.09. The Hall–Kier alpha value is -4.59. The number of rotatable bonds is 4. The summed E-state index contributed by atoms with van der Waals surface area (Å²) in [6.07, 6.45) is 1.64. The van der Waals surface area contributed by atoms with Crippen molar-refractivity contribution < 1.29 is 19.1 Å². The summed E-state index contributed by atoms with van der Waals surface area (Å²) in [7, 11) is 0. The molecule has 1 aliphatic heterocycles. The second kappa shape index (κ2) is 8.27. The summed E-state index contributed by atoms with van der Waals surface area (Å²) < 4.78 is 12.3. The normalized spacial score (nSPS) is 11.8. The van der Waals surface area contributed by atoms with Crippen LogP contribution in [0.3, 0.4) is 0 Å². The second-order valence-corrected chi connectivity index (χ2v) is 6.99. The molecule has 0 saturated heterocycles. The van der Waals surface area contributed by atoms with E-state index >= 15 is 0 Å². The number of amides is 2. The smallest absolute Gasteiger partial charge is 0.273 e. The van der Waals surface area contributed by atoms with Crippen LogP contribution in [0.15, 0.2) is 85.1 Å². The summed E-state index contributed by atoms with van der Waals surface area (Å²) >= 11 is 0. The third-order valence-corrected chi connectivity index (χ3v) is 4.96. The average Bonchev–Trinajstić information content (AvgIpc) is 3.51. The highest BCUT2D eigenvalue weighted by molar-refractivity contribution is 6.03. The lowest BCUT2D eigenvalue weighted by molar-refractivity contribution is 0.0844. The van der Waals surface area contributed by atoms with Gasteiger partial charge in [0.2, 0.25) is 6.79 Å². The number of carbonyl (C=O) groups is 2. The Morgan fingerprint density at radius 1 is 0.781 bits per heavy atom. The van der Waals surface area contributed by atoms with Crippen molar-refractivity contribution in [3.8, 4) is 28.4 Å². The SMILES string of the molecule is O=C(NNC(=O)c1cccc2c1OCO2)c1cn(-c2ccccc2)nc1-c1ccccc1. The van der Waals surface area contributed by atoms with E-state index in [2.05, 4.69) is 16.0 Å². The van der Waals surface area contributed by atoms with E-state index in [4.69, 9.17) is 9.47 Å². The van der Waals surface area contributed by atoms with Gasteiger partial charge in [0.1, 0.15) is 5.69 Å². The number of ether oxygens (including phenoxy) is 2. The molecule has 0 spiro atoms. The predicted octanol–water partition coefficient (Wildman–Crippen LogP) is 3.34. The summed E-state index contributed by atoms with van der Waals surface area (Å²) in [4.78, 5) is 25.7. The number of para-hydroxylation sites is 2. The lowest BCUT2D eigenvalue weighted by atomic mass is 10.1. The van der Waals surface area contributed by atoms with Crippen molar-refractivity contribution in [2.75, 3.05) is 6.79 Å². The minimum absolute atomic E-state index is 0.0467. The van der Waals surface area contributed by atoms with Crippen LogP contribution in [0.25, 0.3) is 16.9 Å². The second-order valence-electron chi connectivity index (χ2n) is 6.99. The molecule has 8 heteroatoms. The van der Waals surface area contributed by atoms with Crippen LogP contribution in [-0.2, 0) is 0 Å². The first kappa shape index (κ1) is 19.4. The molecule has 0 unspecified atom stereocenters. The molecule has 3 aromatic carbocycles. The molecule has 2 amide bonds. The highest BCUT2D eigenvalue weighted by atomic mass is 16.7. The average molecular weight is 426 g/mol. The Balaban J connectivity index is 1.41. The number of hydrogen-bond donors (Lipinski definition) is 2. The summed E-state index contributed by atoms with van der Waals surface area (Å²) in [6.45, 7) is 0.0467. The number of benzene rings is 3. The van der Waals surface area contributed by atoms with Crippen LogP contribution in [0.4, 0.5) is 0 Å². The van der Waals surface area contributed by atoms with E-state index in [1.807, 2.05) is 60.7 Å². The molecule has 2 N–H and O–H groups in total. The number of hydrogen-bond acceptors (Lipinski definition) is 5. The van der Waals surface area contributed by atoms with Crippen molar-refractivity contribution in [3.05, 3.63) is 96.2 Å². The monoisotopic (exact) mass is 426 g/mol. The zero-order chi connectivity index (χ0) is 21.9. The first-order chi connectivity index (χ1) is 15.7. The molecule has 0 fully saturated rings. The molecule has 2 heterocycles. The Kier molecular flexibility index (Phi) is 5.01. The van der Waals surface area contributed by atoms with Crippen LogP contribution in [0, 0.1) is 0 Å². The molecule has 158 valence electrons. The number of nitrogens with zero attached hydrogens (tertiary/aromatic N) is 2. The molecule has 5 rings (SSSR count). The highest BCUT2D eigenvalue weighted by Crippen LogP contribution is 2.35. The van der Waals surface area contributed by atoms with Gasteiger partial charge in [-0.3, -0.25) is 20.4 Å². The molecular weight excluding hydrogens is 408 g/mol. The van der Waals surface area contributed by atoms with Crippen LogP contribution < -0.4 is 20.3 Å². The largest absolute Gasteiger partial charge is 0.454 e. The fraction of sp³-hybridized carbons (Fsp3) is 0.0417. The first-order valence-corrected chi connectivity index (χ1v) is 9.90. The summed E-state index contributed by atoms with van der Waals surface area (Å²) in [5.74, 6) is -0.179. The quantitative estimate of drug-likeness (QED) is 0.488. The summed E-state index contributed by atoms with van der Waals surface area (Å²) in [5, 5.41) is 4.61. The Morgan fingerprint density at radius 2 is 1.47 bits per heavy atom. The third kappa shape index (κ3) is 3.65. The number of fused-ring (bicyclic) bond motifs is 1. The zero-order valence-corrected chi connectivity index (χ0v) is 16.8. The molecule has 0 atom stereocenters. The van der Waals surface area contributed by atoms with Gasteiger partial charge in [0.05, 0.1) is 16.8 Å². The van der Waals surface area contributed by atoms with E-state index in [-0.39, 0.29) is 12.4 Å². The van der Waals surface area contributed by atoms with Crippen molar-refractivity contribution in [1.82, 2.24) is 20.6 Å². The molecular formula is C24H18N4O4. The van der Waals surface area contributed by atoms with Crippen LogP contribution in [0.1, 0.15) is 20.7 Å². The van der Waals surface area contributed by atoms with Gasteiger partial charge in [0, 0.05) is 11.8 Å². The minimum Gasteiger partial charge on any atom is -0.454 e. The van der Waals surface area contributed by atoms with Gasteiger partial charge in [-0.05, 0) is 24.3 Å². The maximum Gasteiger partial charge on any atom is 0.273 e. The minimum atomic E-state index is -0.516. The van der Waals surface area contributed by atoms with Crippen LogP contribution in [0.2, 0.25) is 0 Å². The van der Waals surface area contributed by atoms with Gasteiger partial charge in [-0.1, -0.05) is 54.6 Å². The van der Waals surface area contributed by atoms with Crippen LogP contribution in [0.5, 0.6) is 11.5 Å². The van der Waals surface area contributed by atoms with Gasteiger partial charge >= 0.3 is 0 Å². The molecule has 4 aromatic rings. The maximum atomic E-state index is 13.0. The molecule has 0 radical (unpaired) electrons. The van der Waals surface area contributed by atoms with Crippen molar-refractivity contribution in [3.63, 3.8) is 0 Å². The number of aromatic nitrogens is 2. The predicted molar refractivity (Wildman–Crippen MR) is 116 cm³/mol. The Labute approximate surface area is 183 Å². The number of hydrazine groups is 1. The van der Waals surface area contributed by atoms with Crippen molar-refractivity contribution in [2.45, 2.75) is 0 Å². The molecule has 1 aromatic heterocycles. The molecule has 0 aliphatic carbocycles.